The van der Waals surface area contributed by atoms with Crippen molar-refractivity contribution in [2.75, 3.05) is 33.8 Å². The van der Waals surface area contributed by atoms with Crippen LogP contribution in [0.15, 0.2) is 16.8 Å². The number of thiophene rings is 1. The standard InChI is InChI=1S/C14H23N3O2S/c1-17(2)13(11-5-7-20-10-11)9-16-14(18)15-8-12-4-3-6-19-12/h5,7,10,12-13H,3-4,6,8-9H2,1-2H3,(H2,15,16,18)/t12-,13-/m1/s1. The highest BCUT2D eigenvalue weighted by Gasteiger charge is 2.18. The van der Waals surface area contributed by atoms with E-state index in [0.29, 0.717) is 13.1 Å². The van der Waals surface area contributed by atoms with Crippen molar-refractivity contribution in [1.29, 1.82) is 0 Å². The summed E-state index contributed by atoms with van der Waals surface area (Å²) in [6, 6.07) is 2.18. The van der Waals surface area contributed by atoms with Gasteiger partial charge in [-0.1, -0.05) is 0 Å². The van der Waals surface area contributed by atoms with Crippen LogP contribution in [0.25, 0.3) is 0 Å². The lowest BCUT2D eigenvalue weighted by atomic mass is 10.1. The predicted molar refractivity (Wildman–Crippen MR) is 81.1 cm³/mol. The Morgan fingerprint density at radius 2 is 2.40 bits per heavy atom. The maximum atomic E-state index is 11.8. The Morgan fingerprint density at radius 3 is 3.00 bits per heavy atom. The fraction of sp³-hybridized carbons (Fsp3) is 0.643. The number of hydrogen-bond acceptors (Lipinski definition) is 4. The van der Waals surface area contributed by atoms with Crippen LogP contribution in [0, 0.1) is 0 Å². The second-order valence-electron chi connectivity index (χ2n) is 5.26. The van der Waals surface area contributed by atoms with E-state index in [-0.39, 0.29) is 18.2 Å². The van der Waals surface area contributed by atoms with E-state index in [0.717, 1.165) is 19.4 Å². The summed E-state index contributed by atoms with van der Waals surface area (Å²) in [5.74, 6) is 0. The molecule has 0 aromatic carbocycles. The molecule has 0 saturated carbocycles. The molecule has 20 heavy (non-hydrogen) atoms. The molecule has 2 rings (SSSR count). The molecule has 0 unspecified atom stereocenters. The molecule has 2 N–H and O–H groups in total. The van der Waals surface area contributed by atoms with Gasteiger partial charge in [-0.15, -0.1) is 0 Å². The van der Waals surface area contributed by atoms with Gasteiger partial charge >= 0.3 is 6.03 Å². The number of amides is 2. The highest BCUT2D eigenvalue weighted by molar-refractivity contribution is 7.07. The van der Waals surface area contributed by atoms with Crippen molar-refractivity contribution in [2.24, 2.45) is 0 Å². The average Bonchev–Trinajstić information content (AvgIpc) is 3.09. The lowest BCUT2D eigenvalue weighted by molar-refractivity contribution is 0.111. The van der Waals surface area contributed by atoms with E-state index < -0.39 is 0 Å². The molecule has 1 fully saturated rings. The Morgan fingerprint density at radius 1 is 1.55 bits per heavy atom. The predicted octanol–water partition coefficient (Wildman–Crippen LogP) is 1.83. The van der Waals surface area contributed by atoms with Gasteiger partial charge in [-0.05, 0) is 49.3 Å². The SMILES string of the molecule is CN(C)[C@H](CNC(=O)NC[C@H]1CCCO1)c1ccsc1. The summed E-state index contributed by atoms with van der Waals surface area (Å²) in [6.45, 7) is 2.01. The van der Waals surface area contributed by atoms with Gasteiger partial charge in [-0.25, -0.2) is 4.79 Å². The molecule has 1 saturated heterocycles. The molecule has 2 heterocycles. The van der Waals surface area contributed by atoms with Crippen molar-refractivity contribution in [3.63, 3.8) is 0 Å². The highest BCUT2D eigenvalue weighted by atomic mass is 32.1. The fourth-order valence-corrected chi connectivity index (χ4v) is 3.03. The Labute approximate surface area is 124 Å². The van der Waals surface area contributed by atoms with Crippen molar-refractivity contribution in [1.82, 2.24) is 15.5 Å². The number of likely N-dealkylation sites (N-methyl/N-ethyl adjacent to an activating group) is 1. The van der Waals surface area contributed by atoms with E-state index in [9.17, 15) is 4.79 Å². The Hall–Kier alpha value is -1.11. The van der Waals surface area contributed by atoms with Crippen molar-refractivity contribution in [3.8, 4) is 0 Å². The molecular weight excluding hydrogens is 274 g/mol. The lowest BCUT2D eigenvalue weighted by Crippen LogP contribution is -2.42. The minimum Gasteiger partial charge on any atom is -0.376 e. The minimum atomic E-state index is -0.123. The molecule has 112 valence electrons. The summed E-state index contributed by atoms with van der Waals surface area (Å²) < 4.78 is 5.48. The molecule has 0 spiro atoms. The van der Waals surface area contributed by atoms with Gasteiger partial charge < -0.3 is 20.3 Å². The van der Waals surface area contributed by atoms with Crippen LogP contribution < -0.4 is 10.6 Å². The van der Waals surface area contributed by atoms with E-state index in [4.69, 9.17) is 4.74 Å². The Kier molecular flexibility index (Phi) is 5.82. The molecule has 1 aliphatic heterocycles. The normalized spacial score (nSPS) is 20.1. The third-order valence-corrected chi connectivity index (χ3v) is 4.22. The van der Waals surface area contributed by atoms with Crippen molar-refractivity contribution in [2.45, 2.75) is 25.0 Å². The second kappa shape index (κ2) is 7.61. The van der Waals surface area contributed by atoms with E-state index in [1.54, 1.807) is 11.3 Å². The summed E-state index contributed by atoms with van der Waals surface area (Å²) >= 11 is 1.68. The van der Waals surface area contributed by atoms with Crippen LogP contribution in [0.1, 0.15) is 24.4 Å². The average molecular weight is 297 g/mol. The molecule has 5 nitrogen and oxygen atoms in total. The van der Waals surface area contributed by atoms with E-state index >= 15 is 0 Å². The van der Waals surface area contributed by atoms with Gasteiger partial charge in [0, 0.05) is 19.7 Å². The van der Waals surface area contributed by atoms with Crippen LogP contribution in [-0.4, -0.2) is 50.8 Å². The molecule has 0 bridgehead atoms. The molecule has 1 aromatic heterocycles. The Bertz CT molecular complexity index is 403. The molecule has 2 atom stereocenters. The molecular formula is C14H23N3O2S. The minimum absolute atomic E-state index is 0.123. The monoisotopic (exact) mass is 297 g/mol. The van der Waals surface area contributed by atoms with E-state index in [1.807, 2.05) is 14.1 Å². The van der Waals surface area contributed by atoms with Gasteiger partial charge in [0.1, 0.15) is 0 Å². The van der Waals surface area contributed by atoms with E-state index in [1.165, 1.54) is 5.56 Å². The summed E-state index contributed by atoms with van der Waals surface area (Å²) in [5.41, 5.74) is 1.24. The number of nitrogens with zero attached hydrogens (tertiary/aromatic N) is 1. The molecule has 0 aliphatic carbocycles. The maximum Gasteiger partial charge on any atom is 0.314 e. The zero-order valence-electron chi connectivity index (χ0n) is 12.1. The summed E-state index contributed by atoms with van der Waals surface area (Å²) in [7, 11) is 4.04. The summed E-state index contributed by atoms with van der Waals surface area (Å²) in [4.78, 5) is 13.9. The third kappa shape index (κ3) is 4.47. The Balaban J connectivity index is 1.73. The van der Waals surface area contributed by atoms with Crippen molar-refractivity contribution < 1.29 is 9.53 Å². The van der Waals surface area contributed by atoms with E-state index in [2.05, 4.69) is 32.4 Å². The smallest absolute Gasteiger partial charge is 0.314 e. The third-order valence-electron chi connectivity index (χ3n) is 3.52. The zero-order chi connectivity index (χ0) is 14.4. The second-order valence-corrected chi connectivity index (χ2v) is 6.04. The summed E-state index contributed by atoms with van der Waals surface area (Å²) in [5, 5.41) is 9.99. The van der Waals surface area contributed by atoms with Gasteiger partial charge in [0.25, 0.3) is 0 Å². The van der Waals surface area contributed by atoms with Crippen LogP contribution in [-0.2, 0) is 4.74 Å². The first-order valence-corrected chi connectivity index (χ1v) is 7.93. The van der Waals surface area contributed by atoms with Gasteiger partial charge in [0.2, 0.25) is 0 Å². The van der Waals surface area contributed by atoms with Gasteiger partial charge in [-0.2, -0.15) is 11.3 Å². The number of ether oxygens (including phenoxy) is 1. The zero-order valence-corrected chi connectivity index (χ0v) is 12.9. The van der Waals surface area contributed by atoms with Crippen LogP contribution in [0.4, 0.5) is 4.79 Å². The highest BCUT2D eigenvalue weighted by Crippen LogP contribution is 2.19. The first-order valence-electron chi connectivity index (χ1n) is 6.98. The molecule has 2 amide bonds. The number of urea groups is 1. The number of rotatable bonds is 6. The van der Waals surface area contributed by atoms with Gasteiger partial charge in [0.05, 0.1) is 12.1 Å². The molecule has 0 radical (unpaired) electrons. The molecule has 1 aromatic rings. The van der Waals surface area contributed by atoms with Crippen molar-refractivity contribution in [3.05, 3.63) is 22.4 Å². The van der Waals surface area contributed by atoms with Gasteiger partial charge in [-0.3, -0.25) is 0 Å². The topological polar surface area (TPSA) is 53.6 Å². The molecule has 6 heteroatoms. The van der Waals surface area contributed by atoms with Gasteiger partial charge in [0.15, 0.2) is 0 Å². The number of carbonyl (C=O) groups is 1. The van der Waals surface area contributed by atoms with Crippen LogP contribution in [0.5, 0.6) is 0 Å². The lowest BCUT2D eigenvalue weighted by Gasteiger charge is -2.24. The first-order chi connectivity index (χ1) is 9.66. The molecule has 1 aliphatic rings. The van der Waals surface area contributed by atoms with Crippen LogP contribution in [0.2, 0.25) is 0 Å². The van der Waals surface area contributed by atoms with Crippen LogP contribution >= 0.6 is 11.3 Å². The largest absolute Gasteiger partial charge is 0.376 e. The fourth-order valence-electron chi connectivity index (χ4n) is 2.33. The number of carbonyl (C=O) groups excluding carboxylic acids is 1. The maximum absolute atomic E-state index is 11.8. The van der Waals surface area contributed by atoms with Crippen molar-refractivity contribution >= 4 is 17.4 Å². The quantitative estimate of drug-likeness (QED) is 0.842. The number of nitrogens with one attached hydrogen (secondary N) is 2. The van der Waals surface area contributed by atoms with Crippen LogP contribution in [0.3, 0.4) is 0 Å². The number of hydrogen-bond donors (Lipinski definition) is 2. The first kappa shape index (κ1) is 15.3. The summed E-state index contributed by atoms with van der Waals surface area (Å²) in [6.07, 6.45) is 2.31.